The molecule has 0 aromatic carbocycles. The van der Waals surface area contributed by atoms with Gasteiger partial charge in [0, 0.05) is 0 Å². The first-order valence-electron chi connectivity index (χ1n) is 4.31. The molecule has 12 heavy (non-hydrogen) atoms. The molecule has 1 atom stereocenters. The highest BCUT2D eigenvalue weighted by Gasteiger charge is 2.43. The molecule has 2 rings (SSSR count). The van der Waals surface area contributed by atoms with E-state index in [4.69, 9.17) is 17.0 Å². The number of thiocarbonyl (C=S) groups is 1. The van der Waals surface area contributed by atoms with Gasteiger partial charge in [-0.25, -0.2) is 0 Å². The van der Waals surface area contributed by atoms with Crippen LogP contribution in [0.4, 0.5) is 0 Å². The maximum atomic E-state index is 9.50. The van der Waals surface area contributed by atoms with Gasteiger partial charge >= 0.3 is 0 Å². The van der Waals surface area contributed by atoms with E-state index in [0.717, 1.165) is 25.7 Å². The maximum absolute atomic E-state index is 9.50. The fourth-order valence-electron chi connectivity index (χ4n) is 1.97. The van der Waals surface area contributed by atoms with E-state index in [2.05, 4.69) is 0 Å². The lowest BCUT2D eigenvalue weighted by Crippen LogP contribution is -2.44. The number of hydrogen-bond acceptors (Lipinski definition) is 3. The Morgan fingerprint density at radius 1 is 1.50 bits per heavy atom. The van der Waals surface area contributed by atoms with Crippen molar-refractivity contribution in [3.05, 3.63) is 12.3 Å². The molecule has 66 valence electrons. The Kier molecular flexibility index (Phi) is 1.93. The fraction of sp³-hybridized carbons (Fsp3) is 0.667. The van der Waals surface area contributed by atoms with Crippen molar-refractivity contribution in [3.63, 3.8) is 0 Å². The van der Waals surface area contributed by atoms with Crippen LogP contribution in [0.3, 0.4) is 0 Å². The summed E-state index contributed by atoms with van der Waals surface area (Å²) in [6, 6.07) is 0. The number of rotatable bonds is 0. The Balaban J connectivity index is 2.26. The molecule has 2 nitrogen and oxygen atoms in total. The highest BCUT2D eigenvalue weighted by molar-refractivity contribution is 7.80. The molecular weight excluding hydrogens is 172 g/mol. The van der Waals surface area contributed by atoms with Gasteiger partial charge in [0.15, 0.2) is 0 Å². The molecule has 1 heterocycles. The molecule has 2 aliphatic rings. The summed E-state index contributed by atoms with van der Waals surface area (Å²) in [7, 11) is 0. The molecule has 1 saturated carbocycles. The van der Waals surface area contributed by atoms with Crippen LogP contribution in [-0.2, 0) is 4.74 Å². The van der Waals surface area contributed by atoms with Crippen molar-refractivity contribution in [2.24, 2.45) is 0 Å². The van der Waals surface area contributed by atoms with Crippen molar-refractivity contribution in [3.8, 4) is 0 Å². The fourth-order valence-corrected chi connectivity index (χ4v) is 2.30. The quantitative estimate of drug-likeness (QED) is 0.579. The lowest BCUT2D eigenvalue weighted by molar-refractivity contribution is 0.0741. The summed E-state index contributed by atoms with van der Waals surface area (Å²) in [4.78, 5) is 0.669. The molecule has 0 radical (unpaired) electrons. The zero-order valence-corrected chi connectivity index (χ0v) is 7.64. The predicted octanol–water partition coefficient (Wildman–Crippen LogP) is 1.57. The molecule has 1 N–H and O–H groups in total. The van der Waals surface area contributed by atoms with Crippen LogP contribution in [-0.4, -0.2) is 21.7 Å². The molecule has 1 spiro atoms. The van der Waals surface area contributed by atoms with Crippen LogP contribution in [0.2, 0.25) is 0 Å². The topological polar surface area (TPSA) is 29.5 Å². The Bertz CT molecular complexity index is 229. The van der Waals surface area contributed by atoms with E-state index in [1.807, 2.05) is 0 Å². The summed E-state index contributed by atoms with van der Waals surface area (Å²) < 4.78 is 5.53. The maximum Gasteiger partial charge on any atom is 0.142 e. The van der Waals surface area contributed by atoms with E-state index in [-0.39, 0.29) is 5.60 Å². The van der Waals surface area contributed by atoms with Gasteiger partial charge in [-0.3, -0.25) is 0 Å². The standard InChI is InChI=1S/C9H12O2S/c10-7-3-6-11-9(8(7)12)4-1-2-5-9/h3,6-7,10H,1-2,4-5H2. The molecule has 0 amide bonds. The van der Waals surface area contributed by atoms with Gasteiger partial charge in [-0.2, -0.15) is 0 Å². The van der Waals surface area contributed by atoms with Crippen molar-refractivity contribution in [2.45, 2.75) is 37.4 Å². The summed E-state index contributed by atoms with van der Waals surface area (Å²) in [6.07, 6.45) is 6.85. The molecule has 0 aromatic heterocycles. The van der Waals surface area contributed by atoms with E-state index in [1.54, 1.807) is 12.3 Å². The van der Waals surface area contributed by atoms with Crippen LogP contribution < -0.4 is 0 Å². The molecule has 0 saturated heterocycles. The van der Waals surface area contributed by atoms with E-state index in [9.17, 15) is 5.11 Å². The van der Waals surface area contributed by atoms with Gasteiger partial charge in [0.25, 0.3) is 0 Å². The van der Waals surface area contributed by atoms with Crippen LogP contribution >= 0.6 is 12.2 Å². The van der Waals surface area contributed by atoms with Crippen LogP contribution in [0.25, 0.3) is 0 Å². The van der Waals surface area contributed by atoms with Crippen molar-refractivity contribution in [1.82, 2.24) is 0 Å². The third-order valence-electron chi connectivity index (χ3n) is 2.68. The third kappa shape index (κ3) is 1.08. The third-order valence-corrected chi connectivity index (χ3v) is 3.30. The highest BCUT2D eigenvalue weighted by atomic mass is 32.1. The average molecular weight is 184 g/mol. The Morgan fingerprint density at radius 2 is 2.17 bits per heavy atom. The normalized spacial score (nSPS) is 32.4. The molecule has 1 aliphatic heterocycles. The smallest absolute Gasteiger partial charge is 0.142 e. The summed E-state index contributed by atoms with van der Waals surface area (Å²) in [5, 5.41) is 9.50. The summed E-state index contributed by atoms with van der Waals surface area (Å²) in [6.45, 7) is 0. The number of ether oxygens (including phenoxy) is 1. The molecule has 0 aromatic rings. The molecule has 1 aliphatic carbocycles. The second kappa shape index (κ2) is 2.82. The van der Waals surface area contributed by atoms with Crippen LogP contribution in [0.1, 0.15) is 25.7 Å². The molecule has 1 fully saturated rings. The van der Waals surface area contributed by atoms with Crippen LogP contribution in [0, 0.1) is 0 Å². The lowest BCUT2D eigenvalue weighted by Gasteiger charge is -2.33. The summed E-state index contributed by atoms with van der Waals surface area (Å²) >= 11 is 5.17. The van der Waals surface area contributed by atoms with Gasteiger partial charge in [-0.05, 0) is 31.8 Å². The minimum Gasteiger partial charge on any atom is -0.490 e. The van der Waals surface area contributed by atoms with Gasteiger partial charge in [-0.15, -0.1) is 0 Å². The van der Waals surface area contributed by atoms with Crippen LogP contribution in [0.5, 0.6) is 0 Å². The Morgan fingerprint density at radius 3 is 2.83 bits per heavy atom. The number of aliphatic hydroxyl groups is 1. The van der Waals surface area contributed by atoms with Gasteiger partial charge < -0.3 is 9.84 Å². The van der Waals surface area contributed by atoms with Crippen molar-refractivity contribution in [2.75, 3.05) is 0 Å². The van der Waals surface area contributed by atoms with E-state index < -0.39 is 6.10 Å². The Hall–Kier alpha value is -0.410. The molecule has 0 bridgehead atoms. The van der Waals surface area contributed by atoms with Crippen molar-refractivity contribution < 1.29 is 9.84 Å². The monoisotopic (exact) mass is 184 g/mol. The van der Waals surface area contributed by atoms with Crippen molar-refractivity contribution in [1.29, 1.82) is 0 Å². The molecule has 3 heteroatoms. The van der Waals surface area contributed by atoms with E-state index in [1.165, 1.54) is 0 Å². The number of aliphatic hydroxyl groups excluding tert-OH is 1. The highest BCUT2D eigenvalue weighted by Crippen LogP contribution is 2.37. The number of hydrogen-bond donors (Lipinski definition) is 1. The largest absolute Gasteiger partial charge is 0.490 e. The summed E-state index contributed by atoms with van der Waals surface area (Å²) in [5.74, 6) is 0. The van der Waals surface area contributed by atoms with Gasteiger partial charge in [0.2, 0.25) is 0 Å². The SMILES string of the molecule is OC1C=COC2(CCCC2)C1=S. The van der Waals surface area contributed by atoms with E-state index in [0.29, 0.717) is 4.86 Å². The van der Waals surface area contributed by atoms with Crippen molar-refractivity contribution >= 4 is 17.1 Å². The Labute approximate surface area is 77.2 Å². The van der Waals surface area contributed by atoms with E-state index >= 15 is 0 Å². The van der Waals surface area contributed by atoms with Gasteiger partial charge in [0.1, 0.15) is 11.7 Å². The lowest BCUT2D eigenvalue weighted by atomic mass is 9.92. The second-order valence-corrected chi connectivity index (χ2v) is 3.90. The average Bonchev–Trinajstić information content (AvgIpc) is 2.50. The van der Waals surface area contributed by atoms with Crippen LogP contribution in [0.15, 0.2) is 12.3 Å². The van der Waals surface area contributed by atoms with Gasteiger partial charge in [-0.1, -0.05) is 12.2 Å². The zero-order valence-electron chi connectivity index (χ0n) is 6.82. The van der Waals surface area contributed by atoms with Gasteiger partial charge in [0.05, 0.1) is 11.1 Å². The molecular formula is C9H12O2S. The minimum atomic E-state index is -0.577. The summed E-state index contributed by atoms with van der Waals surface area (Å²) in [5.41, 5.74) is -0.302. The predicted molar refractivity (Wildman–Crippen MR) is 50.0 cm³/mol. The first-order chi connectivity index (χ1) is 5.75. The molecule has 1 unspecified atom stereocenters. The first kappa shape index (κ1) is 8.20. The zero-order chi connectivity index (χ0) is 8.60. The second-order valence-electron chi connectivity index (χ2n) is 3.46. The first-order valence-corrected chi connectivity index (χ1v) is 4.72. The minimum absolute atomic E-state index is 0.302.